The molecule has 1 fully saturated rings. The molecule has 7 nitrogen and oxygen atoms in total. The second-order valence-electron chi connectivity index (χ2n) is 6.80. The maximum absolute atomic E-state index is 12.4. The fraction of sp³-hybridized carbons (Fsp3) is 0.500. The molecule has 0 unspecified atom stereocenters. The van der Waals surface area contributed by atoms with Gasteiger partial charge in [0.2, 0.25) is 5.91 Å². The van der Waals surface area contributed by atoms with Gasteiger partial charge in [0.1, 0.15) is 17.6 Å². The van der Waals surface area contributed by atoms with E-state index in [9.17, 15) is 4.79 Å². The molecule has 1 aliphatic rings. The van der Waals surface area contributed by atoms with E-state index in [0.29, 0.717) is 38.2 Å². The number of amides is 1. The van der Waals surface area contributed by atoms with E-state index in [-0.39, 0.29) is 24.7 Å². The highest BCUT2D eigenvalue weighted by Gasteiger charge is 2.29. The molecule has 0 spiro atoms. The average molecular weight is 374 g/mol. The largest absolute Gasteiger partial charge is 0.486 e. The predicted molar refractivity (Wildman–Crippen MR) is 98.4 cm³/mol. The smallest absolute Gasteiger partial charge is 0.220 e. The van der Waals surface area contributed by atoms with Gasteiger partial charge >= 0.3 is 0 Å². The summed E-state index contributed by atoms with van der Waals surface area (Å²) in [5.74, 6) is 1.43. The fourth-order valence-corrected chi connectivity index (χ4v) is 3.22. The molecule has 2 N–H and O–H groups in total. The maximum atomic E-state index is 12.4. The minimum absolute atomic E-state index is 0.00334. The number of hydrogen-bond donors (Lipinski definition) is 2. The average Bonchev–Trinajstić information content (AvgIpc) is 3.00. The Morgan fingerprint density at radius 1 is 1.33 bits per heavy atom. The Kier molecular flexibility index (Phi) is 6.47. The first-order valence-electron chi connectivity index (χ1n) is 9.22. The van der Waals surface area contributed by atoms with E-state index >= 15 is 0 Å². The van der Waals surface area contributed by atoms with Gasteiger partial charge in [-0.25, -0.2) is 0 Å². The number of ether oxygens (including phenoxy) is 2. The number of carbonyl (C=O) groups is 1. The number of hydrogen-bond acceptors (Lipinski definition) is 6. The highest BCUT2D eigenvalue weighted by atomic mass is 16.5. The van der Waals surface area contributed by atoms with Crippen molar-refractivity contribution in [2.45, 2.75) is 51.9 Å². The van der Waals surface area contributed by atoms with Gasteiger partial charge < -0.3 is 24.4 Å². The number of aryl methyl sites for hydroxylation is 2. The molecule has 0 radical (unpaired) electrons. The van der Waals surface area contributed by atoms with Crippen LogP contribution < -0.4 is 10.1 Å². The molecule has 2 heterocycles. The molecule has 146 valence electrons. The molecule has 0 saturated carbocycles. The van der Waals surface area contributed by atoms with E-state index in [1.165, 1.54) is 0 Å². The molecule has 1 aromatic heterocycles. The number of rotatable bonds is 7. The van der Waals surface area contributed by atoms with Crippen molar-refractivity contribution in [1.82, 2.24) is 10.5 Å². The first-order chi connectivity index (χ1) is 13.1. The Bertz CT molecular complexity index is 737. The van der Waals surface area contributed by atoms with E-state index in [1.807, 2.05) is 38.1 Å². The summed E-state index contributed by atoms with van der Waals surface area (Å²) >= 11 is 0. The lowest BCUT2D eigenvalue weighted by Crippen LogP contribution is -2.51. The van der Waals surface area contributed by atoms with E-state index in [2.05, 4.69) is 10.5 Å². The van der Waals surface area contributed by atoms with E-state index in [0.717, 1.165) is 22.6 Å². The normalized spacial score (nSPS) is 19.7. The van der Waals surface area contributed by atoms with Crippen LogP contribution in [0.15, 0.2) is 28.8 Å². The Labute approximate surface area is 158 Å². The van der Waals surface area contributed by atoms with Crippen LogP contribution in [0.5, 0.6) is 5.75 Å². The van der Waals surface area contributed by atoms with Crippen LogP contribution in [0.2, 0.25) is 0 Å². The lowest BCUT2D eigenvalue weighted by molar-refractivity contribution is -0.123. The van der Waals surface area contributed by atoms with E-state index in [4.69, 9.17) is 19.1 Å². The number of nitrogens with zero attached hydrogens (tertiary/aromatic N) is 1. The van der Waals surface area contributed by atoms with Crippen LogP contribution in [0.3, 0.4) is 0 Å². The van der Waals surface area contributed by atoms with Gasteiger partial charge in [-0.05, 0) is 44.4 Å². The van der Waals surface area contributed by atoms with Crippen molar-refractivity contribution in [3.05, 3.63) is 46.8 Å². The van der Waals surface area contributed by atoms with Crippen LogP contribution >= 0.6 is 0 Å². The highest BCUT2D eigenvalue weighted by Crippen LogP contribution is 2.19. The molecule has 7 heteroatoms. The minimum Gasteiger partial charge on any atom is -0.486 e. The van der Waals surface area contributed by atoms with Crippen LogP contribution in [0, 0.1) is 13.8 Å². The zero-order valence-electron chi connectivity index (χ0n) is 15.7. The minimum atomic E-state index is -0.248. The summed E-state index contributed by atoms with van der Waals surface area (Å²) in [6.45, 7) is 4.76. The van der Waals surface area contributed by atoms with Gasteiger partial charge in [0, 0.05) is 18.6 Å². The molecule has 1 aliphatic heterocycles. The second-order valence-corrected chi connectivity index (χ2v) is 6.80. The third kappa shape index (κ3) is 5.08. The first kappa shape index (κ1) is 19.4. The van der Waals surface area contributed by atoms with E-state index in [1.54, 1.807) is 0 Å². The van der Waals surface area contributed by atoms with Crippen molar-refractivity contribution >= 4 is 5.91 Å². The molecule has 2 atom stereocenters. The number of aliphatic hydroxyl groups is 1. The van der Waals surface area contributed by atoms with Gasteiger partial charge in [-0.3, -0.25) is 4.79 Å². The summed E-state index contributed by atoms with van der Waals surface area (Å²) in [5.41, 5.74) is 2.65. The van der Waals surface area contributed by atoms with Gasteiger partial charge in [0.25, 0.3) is 0 Å². The van der Waals surface area contributed by atoms with Gasteiger partial charge in [0.15, 0.2) is 0 Å². The molecular formula is C20H26N2O5. The number of benzene rings is 1. The topological polar surface area (TPSA) is 93.8 Å². The van der Waals surface area contributed by atoms with Crippen molar-refractivity contribution in [3.8, 4) is 5.75 Å². The van der Waals surface area contributed by atoms with Crippen LogP contribution in [0.4, 0.5) is 0 Å². The lowest BCUT2D eigenvalue weighted by Gasteiger charge is -2.32. The van der Waals surface area contributed by atoms with Crippen molar-refractivity contribution in [2.24, 2.45) is 0 Å². The Balaban J connectivity index is 1.55. The predicted octanol–water partition coefficient (Wildman–Crippen LogP) is 2.07. The monoisotopic (exact) mass is 374 g/mol. The quantitative estimate of drug-likeness (QED) is 0.771. The summed E-state index contributed by atoms with van der Waals surface area (Å²) in [7, 11) is 0. The van der Waals surface area contributed by atoms with Crippen LogP contribution in [-0.4, -0.2) is 41.5 Å². The van der Waals surface area contributed by atoms with Crippen LogP contribution in [-0.2, 0) is 22.6 Å². The standard InChI is InChI=1S/C20H26N2O5/c1-13-17(14(2)27-22-13)7-8-20(24)21-18-9-10-25-12-19(18)26-16-5-3-15(11-23)4-6-16/h3-6,18-19,23H,7-12H2,1-2H3,(H,21,24)/t18-,19-/m1/s1. The lowest BCUT2D eigenvalue weighted by atomic mass is 10.0. The summed E-state index contributed by atoms with van der Waals surface area (Å²) in [4.78, 5) is 12.4. The Hall–Kier alpha value is -2.38. The second kappa shape index (κ2) is 9.01. The molecule has 1 saturated heterocycles. The molecule has 2 aromatic rings. The van der Waals surface area contributed by atoms with Crippen molar-refractivity contribution in [3.63, 3.8) is 0 Å². The molecular weight excluding hydrogens is 348 g/mol. The zero-order chi connectivity index (χ0) is 19.2. The maximum Gasteiger partial charge on any atom is 0.220 e. The number of nitrogens with one attached hydrogen (secondary N) is 1. The van der Waals surface area contributed by atoms with Gasteiger partial charge in [0.05, 0.1) is 24.9 Å². The molecule has 0 aliphatic carbocycles. The molecule has 1 aromatic carbocycles. The summed E-state index contributed by atoms with van der Waals surface area (Å²) in [5, 5.41) is 16.1. The van der Waals surface area contributed by atoms with E-state index < -0.39 is 0 Å². The summed E-state index contributed by atoms with van der Waals surface area (Å²) < 4.78 is 16.7. The summed E-state index contributed by atoms with van der Waals surface area (Å²) in [6, 6.07) is 7.16. The summed E-state index contributed by atoms with van der Waals surface area (Å²) in [6.07, 6.45) is 1.43. The number of carbonyl (C=O) groups excluding carboxylic acids is 1. The van der Waals surface area contributed by atoms with Crippen molar-refractivity contribution < 1.29 is 23.9 Å². The third-order valence-corrected chi connectivity index (χ3v) is 4.83. The Morgan fingerprint density at radius 3 is 2.78 bits per heavy atom. The van der Waals surface area contributed by atoms with Gasteiger partial charge in [-0.15, -0.1) is 0 Å². The fourth-order valence-electron chi connectivity index (χ4n) is 3.22. The van der Waals surface area contributed by atoms with Crippen LogP contribution in [0.25, 0.3) is 0 Å². The van der Waals surface area contributed by atoms with Gasteiger partial charge in [-0.2, -0.15) is 0 Å². The number of aliphatic hydroxyl groups excluding tert-OH is 1. The molecule has 1 amide bonds. The molecule has 3 rings (SSSR count). The third-order valence-electron chi connectivity index (χ3n) is 4.83. The molecule has 0 bridgehead atoms. The molecule has 27 heavy (non-hydrogen) atoms. The number of aromatic nitrogens is 1. The first-order valence-corrected chi connectivity index (χ1v) is 9.22. The Morgan fingerprint density at radius 2 is 2.11 bits per heavy atom. The van der Waals surface area contributed by atoms with Gasteiger partial charge in [-0.1, -0.05) is 17.3 Å². The van der Waals surface area contributed by atoms with Crippen LogP contribution in [0.1, 0.15) is 35.4 Å². The zero-order valence-corrected chi connectivity index (χ0v) is 15.7. The highest BCUT2D eigenvalue weighted by molar-refractivity contribution is 5.76. The van der Waals surface area contributed by atoms with Crippen molar-refractivity contribution in [1.29, 1.82) is 0 Å². The van der Waals surface area contributed by atoms with Crippen molar-refractivity contribution in [2.75, 3.05) is 13.2 Å². The SMILES string of the molecule is Cc1noc(C)c1CCC(=O)N[C@@H]1CCOC[C@H]1Oc1ccc(CO)cc1.